The number of nitrogens with zero attached hydrogens (tertiary/aromatic N) is 1. The average molecular weight is 284 g/mol. The first-order valence-electron chi connectivity index (χ1n) is 6.29. The van der Waals surface area contributed by atoms with Crippen molar-refractivity contribution in [1.29, 1.82) is 0 Å². The Hall–Kier alpha value is -1.77. The number of H-pyrrole nitrogens is 1. The third-order valence-electron chi connectivity index (χ3n) is 3.27. The molecule has 1 fully saturated rings. The molecule has 0 bridgehead atoms. The highest BCUT2D eigenvalue weighted by molar-refractivity contribution is 5.49. The number of aromatic nitrogens is 2. The summed E-state index contributed by atoms with van der Waals surface area (Å²) in [6.07, 6.45) is 0.187. The van der Waals surface area contributed by atoms with E-state index in [0.717, 1.165) is 0 Å². The van der Waals surface area contributed by atoms with Crippen molar-refractivity contribution in [3.8, 4) is 0 Å². The summed E-state index contributed by atoms with van der Waals surface area (Å²) in [5.41, 5.74) is -0.895. The first-order valence-corrected chi connectivity index (χ1v) is 6.29. The van der Waals surface area contributed by atoms with E-state index in [1.807, 2.05) is 0 Å². The highest BCUT2D eigenvalue weighted by Crippen LogP contribution is 2.27. The number of carbonyl (C=O) groups excluding carboxylic acids is 1. The summed E-state index contributed by atoms with van der Waals surface area (Å²) in [7, 11) is 0. The van der Waals surface area contributed by atoms with E-state index < -0.39 is 29.7 Å². The predicted molar refractivity (Wildman–Crippen MR) is 67.3 cm³/mol. The molecule has 1 aliphatic rings. The monoisotopic (exact) mass is 284 g/mol. The van der Waals surface area contributed by atoms with Gasteiger partial charge in [-0.25, -0.2) is 4.79 Å². The number of carbonyl (C=O) groups is 1. The molecule has 2 rings (SSSR count). The lowest BCUT2D eigenvalue weighted by Crippen LogP contribution is -2.34. The summed E-state index contributed by atoms with van der Waals surface area (Å²) in [5.74, 6) is 0. The highest BCUT2D eigenvalue weighted by Gasteiger charge is 2.35. The minimum atomic E-state index is -0.873. The summed E-state index contributed by atoms with van der Waals surface area (Å²) in [4.78, 5) is 35.9. The van der Waals surface area contributed by atoms with Crippen LogP contribution in [0.3, 0.4) is 0 Å². The van der Waals surface area contributed by atoms with E-state index in [1.165, 1.54) is 10.8 Å². The normalized spacial score (nSPS) is 25.8. The van der Waals surface area contributed by atoms with Crippen molar-refractivity contribution in [2.75, 3.05) is 6.61 Å². The van der Waals surface area contributed by atoms with Gasteiger partial charge in [-0.3, -0.25) is 14.3 Å². The van der Waals surface area contributed by atoms with E-state index in [2.05, 4.69) is 4.98 Å². The molecule has 0 amide bonds. The Balaban J connectivity index is 2.30. The van der Waals surface area contributed by atoms with Crippen molar-refractivity contribution < 1.29 is 19.7 Å². The van der Waals surface area contributed by atoms with Gasteiger partial charge < -0.3 is 19.7 Å². The third-order valence-corrected chi connectivity index (χ3v) is 3.27. The van der Waals surface area contributed by atoms with E-state index in [4.69, 9.17) is 9.84 Å². The molecule has 0 aromatic carbocycles. The second-order valence-electron chi connectivity index (χ2n) is 4.64. The average Bonchev–Trinajstić information content (AvgIpc) is 2.79. The highest BCUT2D eigenvalue weighted by atomic mass is 16.5. The van der Waals surface area contributed by atoms with E-state index in [9.17, 15) is 19.5 Å². The SMILES string of the molecule is O=CCCc1cn([C@@H]2CC(O)[C@H](CO)O2)c(=O)[nH]c1=O. The number of aromatic amines is 1. The first kappa shape index (κ1) is 14.6. The smallest absolute Gasteiger partial charge is 0.330 e. The first-order chi connectivity index (χ1) is 9.56. The Bertz CT molecular complexity index is 592. The molecule has 8 nitrogen and oxygen atoms in total. The molecule has 0 saturated carbocycles. The Morgan fingerprint density at radius 2 is 2.25 bits per heavy atom. The van der Waals surface area contributed by atoms with Crippen molar-refractivity contribution in [3.05, 3.63) is 32.6 Å². The fourth-order valence-electron chi connectivity index (χ4n) is 2.18. The molecule has 3 atom stereocenters. The number of ether oxygens (including phenoxy) is 1. The third kappa shape index (κ3) is 2.87. The van der Waals surface area contributed by atoms with Gasteiger partial charge >= 0.3 is 5.69 Å². The van der Waals surface area contributed by atoms with Crippen LogP contribution in [0, 0.1) is 0 Å². The number of nitrogens with one attached hydrogen (secondary N) is 1. The number of aldehydes is 1. The predicted octanol–water partition coefficient (Wildman–Crippen LogP) is -1.69. The molecular weight excluding hydrogens is 268 g/mol. The molecular formula is C12H16N2O6. The standard InChI is InChI=1S/C12H16N2O6/c15-3-1-2-7-5-14(12(19)13-11(7)18)10-4-8(17)9(6-16)20-10/h3,5,8-10,16-17H,1-2,4,6H2,(H,13,18,19)/t8?,9-,10-/m0/s1. The minimum Gasteiger partial charge on any atom is -0.394 e. The van der Waals surface area contributed by atoms with E-state index in [1.54, 1.807) is 0 Å². The lowest BCUT2D eigenvalue weighted by atomic mass is 10.2. The summed E-state index contributed by atoms with van der Waals surface area (Å²) in [6, 6.07) is 0. The summed E-state index contributed by atoms with van der Waals surface area (Å²) in [5, 5.41) is 18.7. The molecule has 110 valence electrons. The fourth-order valence-corrected chi connectivity index (χ4v) is 2.18. The maximum atomic E-state index is 11.8. The molecule has 3 N–H and O–H groups in total. The Morgan fingerprint density at radius 1 is 1.50 bits per heavy atom. The second kappa shape index (κ2) is 6.12. The maximum Gasteiger partial charge on any atom is 0.330 e. The van der Waals surface area contributed by atoms with Crippen molar-refractivity contribution in [3.63, 3.8) is 0 Å². The zero-order valence-corrected chi connectivity index (χ0v) is 10.7. The zero-order valence-electron chi connectivity index (χ0n) is 10.7. The number of rotatable bonds is 5. The quantitative estimate of drug-likeness (QED) is 0.555. The van der Waals surface area contributed by atoms with Crippen molar-refractivity contribution in [2.45, 2.75) is 37.7 Å². The van der Waals surface area contributed by atoms with Gasteiger partial charge in [0.2, 0.25) is 0 Å². The van der Waals surface area contributed by atoms with Crippen LogP contribution in [-0.2, 0) is 16.0 Å². The van der Waals surface area contributed by atoms with Crippen LogP contribution in [0.15, 0.2) is 15.8 Å². The lowest BCUT2D eigenvalue weighted by molar-refractivity contribution is -0.107. The number of aliphatic hydroxyl groups excluding tert-OH is 2. The number of aryl methyl sites for hydroxylation is 1. The molecule has 8 heteroatoms. The molecule has 2 heterocycles. The molecule has 1 aromatic rings. The van der Waals surface area contributed by atoms with Gasteiger partial charge in [-0.15, -0.1) is 0 Å². The molecule has 1 saturated heterocycles. The molecule has 0 radical (unpaired) electrons. The Morgan fingerprint density at radius 3 is 2.85 bits per heavy atom. The minimum absolute atomic E-state index is 0.143. The van der Waals surface area contributed by atoms with Crippen LogP contribution in [0.4, 0.5) is 0 Å². The molecule has 1 unspecified atom stereocenters. The topological polar surface area (TPSA) is 122 Å². The van der Waals surface area contributed by atoms with Crippen LogP contribution in [0.5, 0.6) is 0 Å². The van der Waals surface area contributed by atoms with Gasteiger partial charge in [-0.1, -0.05) is 0 Å². The lowest BCUT2D eigenvalue weighted by Gasteiger charge is -2.15. The van der Waals surface area contributed by atoms with Gasteiger partial charge in [0.15, 0.2) is 0 Å². The van der Waals surface area contributed by atoms with Crippen molar-refractivity contribution in [2.24, 2.45) is 0 Å². The Kier molecular flexibility index (Phi) is 4.48. The fraction of sp³-hybridized carbons (Fsp3) is 0.583. The van der Waals surface area contributed by atoms with Crippen LogP contribution in [-0.4, -0.2) is 44.9 Å². The largest absolute Gasteiger partial charge is 0.394 e. The number of aliphatic hydroxyl groups is 2. The van der Waals surface area contributed by atoms with Crippen molar-refractivity contribution in [1.82, 2.24) is 9.55 Å². The molecule has 0 aliphatic carbocycles. The van der Waals surface area contributed by atoms with Gasteiger partial charge in [0.1, 0.15) is 18.6 Å². The van der Waals surface area contributed by atoms with Crippen LogP contribution >= 0.6 is 0 Å². The van der Waals surface area contributed by atoms with Crippen molar-refractivity contribution >= 4 is 6.29 Å². The molecule has 1 aromatic heterocycles. The van der Waals surface area contributed by atoms with Gasteiger partial charge in [0.25, 0.3) is 5.56 Å². The number of hydrogen-bond donors (Lipinski definition) is 3. The molecule has 1 aliphatic heterocycles. The van der Waals surface area contributed by atoms with Crippen LogP contribution in [0.1, 0.15) is 24.6 Å². The van der Waals surface area contributed by atoms with Gasteiger partial charge in [-0.05, 0) is 6.42 Å². The van der Waals surface area contributed by atoms with Gasteiger partial charge in [0.05, 0.1) is 12.7 Å². The van der Waals surface area contributed by atoms with E-state index in [0.29, 0.717) is 11.8 Å². The van der Waals surface area contributed by atoms with Gasteiger partial charge in [0, 0.05) is 24.6 Å². The summed E-state index contributed by atoms with van der Waals surface area (Å²) >= 11 is 0. The zero-order chi connectivity index (χ0) is 14.7. The van der Waals surface area contributed by atoms with E-state index in [-0.39, 0.29) is 25.9 Å². The van der Waals surface area contributed by atoms with Crippen LogP contribution < -0.4 is 11.2 Å². The Labute approximate surface area is 113 Å². The van der Waals surface area contributed by atoms with E-state index >= 15 is 0 Å². The summed E-state index contributed by atoms with van der Waals surface area (Å²) < 4.78 is 6.53. The van der Waals surface area contributed by atoms with Crippen LogP contribution in [0.2, 0.25) is 0 Å². The molecule has 0 spiro atoms. The maximum absolute atomic E-state index is 11.8. The molecule has 20 heavy (non-hydrogen) atoms. The number of hydrogen-bond acceptors (Lipinski definition) is 6. The second-order valence-corrected chi connectivity index (χ2v) is 4.64. The summed E-state index contributed by atoms with van der Waals surface area (Å²) in [6.45, 7) is -0.353. The van der Waals surface area contributed by atoms with Crippen LogP contribution in [0.25, 0.3) is 0 Å². The van der Waals surface area contributed by atoms with Gasteiger partial charge in [-0.2, -0.15) is 0 Å².